The van der Waals surface area contributed by atoms with E-state index in [9.17, 15) is 4.79 Å². The molecule has 2 aromatic rings. The lowest BCUT2D eigenvalue weighted by Crippen LogP contribution is -2.10. The van der Waals surface area contributed by atoms with Crippen LogP contribution >= 0.6 is 11.3 Å². The third-order valence-corrected chi connectivity index (χ3v) is 3.97. The predicted molar refractivity (Wildman–Crippen MR) is 83.2 cm³/mol. The van der Waals surface area contributed by atoms with Crippen LogP contribution in [-0.4, -0.2) is 12.6 Å². The van der Waals surface area contributed by atoms with Crippen LogP contribution < -0.4 is 11.1 Å². The number of aryl methyl sites for hydroxylation is 1. The molecule has 4 nitrogen and oxygen atoms in total. The van der Waals surface area contributed by atoms with E-state index in [1.54, 1.807) is 30.4 Å². The minimum atomic E-state index is -0.356. The molecule has 106 valence electrons. The molecule has 3 N–H and O–H groups in total. The average Bonchev–Trinajstić information content (AvgIpc) is 2.83. The summed E-state index contributed by atoms with van der Waals surface area (Å²) in [6.45, 7) is 4.88. The molecule has 0 aliphatic rings. The van der Waals surface area contributed by atoms with Crippen LogP contribution in [0.4, 0.5) is 11.4 Å². The molecule has 0 unspecified atom stereocenters. The monoisotopic (exact) mass is 290 g/mol. The van der Waals surface area contributed by atoms with Gasteiger partial charge in [-0.1, -0.05) is 0 Å². The number of ether oxygens (including phenoxy) is 1. The first-order valence-corrected chi connectivity index (χ1v) is 7.33. The number of hydrogen-bond acceptors (Lipinski definition) is 5. The maximum Gasteiger partial charge on any atom is 0.340 e. The number of nitrogens with one attached hydrogen (secondary N) is 1. The standard InChI is InChI=1S/C15H18N2O2S/c1-3-19-15(18)12-8-11(16)4-5-13(12)17-9-14-10(2)6-7-20-14/h4-8,17H,3,9,16H2,1-2H3. The topological polar surface area (TPSA) is 64.3 Å². The molecule has 2 rings (SSSR count). The van der Waals surface area contributed by atoms with Crippen molar-refractivity contribution in [1.29, 1.82) is 0 Å². The van der Waals surface area contributed by atoms with Crippen molar-refractivity contribution in [3.05, 3.63) is 45.6 Å². The Balaban J connectivity index is 2.18. The summed E-state index contributed by atoms with van der Waals surface area (Å²) in [4.78, 5) is 13.2. The molecule has 0 bridgehead atoms. The first-order valence-electron chi connectivity index (χ1n) is 6.45. The lowest BCUT2D eigenvalue weighted by atomic mass is 10.1. The summed E-state index contributed by atoms with van der Waals surface area (Å²) in [5, 5.41) is 5.33. The largest absolute Gasteiger partial charge is 0.462 e. The van der Waals surface area contributed by atoms with Gasteiger partial charge < -0.3 is 15.8 Å². The highest BCUT2D eigenvalue weighted by Crippen LogP contribution is 2.23. The Morgan fingerprint density at radius 2 is 2.20 bits per heavy atom. The van der Waals surface area contributed by atoms with Gasteiger partial charge in [-0.2, -0.15) is 0 Å². The summed E-state index contributed by atoms with van der Waals surface area (Å²) < 4.78 is 5.05. The van der Waals surface area contributed by atoms with Gasteiger partial charge in [-0.15, -0.1) is 11.3 Å². The number of carbonyl (C=O) groups excluding carboxylic acids is 1. The number of benzene rings is 1. The molecule has 0 spiro atoms. The van der Waals surface area contributed by atoms with Gasteiger partial charge in [0.25, 0.3) is 0 Å². The molecule has 0 saturated heterocycles. The summed E-state index contributed by atoms with van der Waals surface area (Å²) in [7, 11) is 0. The second kappa shape index (κ2) is 6.43. The molecular weight excluding hydrogens is 272 g/mol. The van der Waals surface area contributed by atoms with Gasteiger partial charge in [0, 0.05) is 22.8 Å². The van der Waals surface area contributed by atoms with E-state index in [4.69, 9.17) is 10.5 Å². The van der Waals surface area contributed by atoms with Crippen LogP contribution in [0.15, 0.2) is 29.6 Å². The lowest BCUT2D eigenvalue weighted by molar-refractivity contribution is 0.0527. The van der Waals surface area contributed by atoms with Gasteiger partial charge in [0.05, 0.1) is 12.2 Å². The van der Waals surface area contributed by atoms with Gasteiger partial charge in [-0.25, -0.2) is 4.79 Å². The Labute approximate surface area is 122 Å². The van der Waals surface area contributed by atoms with E-state index in [2.05, 4.69) is 23.7 Å². The van der Waals surface area contributed by atoms with Crippen molar-refractivity contribution in [2.24, 2.45) is 0 Å². The SMILES string of the molecule is CCOC(=O)c1cc(N)ccc1NCc1sccc1C. The molecule has 1 aromatic carbocycles. The van der Waals surface area contributed by atoms with Crippen LogP contribution in [0.1, 0.15) is 27.7 Å². The van der Waals surface area contributed by atoms with Gasteiger partial charge in [-0.05, 0) is 49.1 Å². The zero-order valence-corrected chi connectivity index (χ0v) is 12.4. The highest BCUT2D eigenvalue weighted by molar-refractivity contribution is 7.10. The average molecular weight is 290 g/mol. The second-order valence-electron chi connectivity index (χ2n) is 4.41. The van der Waals surface area contributed by atoms with Gasteiger partial charge >= 0.3 is 5.97 Å². The number of hydrogen-bond donors (Lipinski definition) is 2. The van der Waals surface area contributed by atoms with Crippen LogP contribution in [0, 0.1) is 6.92 Å². The van der Waals surface area contributed by atoms with Crippen molar-refractivity contribution in [2.75, 3.05) is 17.7 Å². The third-order valence-electron chi connectivity index (χ3n) is 2.95. The van der Waals surface area contributed by atoms with Crippen molar-refractivity contribution in [1.82, 2.24) is 0 Å². The number of rotatable bonds is 5. The molecule has 0 amide bonds. The normalized spacial score (nSPS) is 10.3. The zero-order chi connectivity index (χ0) is 14.5. The van der Waals surface area contributed by atoms with E-state index in [0.717, 1.165) is 5.69 Å². The van der Waals surface area contributed by atoms with Crippen LogP contribution in [0.3, 0.4) is 0 Å². The van der Waals surface area contributed by atoms with Gasteiger partial charge in [0.15, 0.2) is 0 Å². The van der Waals surface area contributed by atoms with Crippen molar-refractivity contribution < 1.29 is 9.53 Å². The molecule has 5 heteroatoms. The molecule has 0 radical (unpaired) electrons. The number of thiophene rings is 1. The summed E-state index contributed by atoms with van der Waals surface area (Å²) in [5.74, 6) is -0.356. The quantitative estimate of drug-likeness (QED) is 0.654. The molecule has 0 aliphatic heterocycles. The van der Waals surface area contributed by atoms with E-state index in [1.807, 2.05) is 6.07 Å². The Bertz CT molecular complexity index is 608. The Morgan fingerprint density at radius 1 is 1.40 bits per heavy atom. The number of nitrogen functional groups attached to an aromatic ring is 1. The summed E-state index contributed by atoms with van der Waals surface area (Å²) in [6.07, 6.45) is 0. The fraction of sp³-hybridized carbons (Fsp3) is 0.267. The van der Waals surface area contributed by atoms with Crippen molar-refractivity contribution in [2.45, 2.75) is 20.4 Å². The number of carbonyl (C=O) groups is 1. The first-order chi connectivity index (χ1) is 9.61. The molecule has 20 heavy (non-hydrogen) atoms. The zero-order valence-electron chi connectivity index (χ0n) is 11.6. The van der Waals surface area contributed by atoms with Crippen LogP contribution in [0.25, 0.3) is 0 Å². The second-order valence-corrected chi connectivity index (χ2v) is 5.41. The van der Waals surface area contributed by atoms with Crippen molar-refractivity contribution in [3.8, 4) is 0 Å². The summed E-state index contributed by atoms with van der Waals surface area (Å²) in [5.41, 5.74) is 8.75. The fourth-order valence-electron chi connectivity index (χ4n) is 1.85. The molecule has 1 aromatic heterocycles. The maximum absolute atomic E-state index is 11.9. The number of anilines is 2. The van der Waals surface area contributed by atoms with Crippen molar-refractivity contribution in [3.63, 3.8) is 0 Å². The maximum atomic E-state index is 11.9. The molecule has 0 saturated carbocycles. The molecule has 0 fully saturated rings. The first kappa shape index (κ1) is 14.4. The van der Waals surface area contributed by atoms with E-state index in [-0.39, 0.29) is 5.97 Å². The lowest BCUT2D eigenvalue weighted by Gasteiger charge is -2.12. The van der Waals surface area contributed by atoms with E-state index in [1.165, 1.54) is 10.4 Å². The van der Waals surface area contributed by atoms with Crippen molar-refractivity contribution >= 4 is 28.7 Å². The summed E-state index contributed by atoms with van der Waals surface area (Å²) in [6, 6.07) is 7.30. The minimum Gasteiger partial charge on any atom is -0.462 e. The summed E-state index contributed by atoms with van der Waals surface area (Å²) >= 11 is 1.69. The fourth-order valence-corrected chi connectivity index (χ4v) is 2.70. The molecular formula is C15H18N2O2S. The smallest absolute Gasteiger partial charge is 0.340 e. The minimum absolute atomic E-state index is 0.344. The predicted octanol–water partition coefficient (Wildman–Crippen LogP) is 3.43. The number of nitrogens with two attached hydrogens (primary N) is 1. The van der Waals surface area contributed by atoms with Gasteiger partial charge in [0.2, 0.25) is 0 Å². The third kappa shape index (κ3) is 3.30. The Hall–Kier alpha value is -2.01. The molecule has 1 heterocycles. The van der Waals surface area contributed by atoms with Crippen LogP contribution in [-0.2, 0) is 11.3 Å². The molecule has 0 atom stereocenters. The molecule has 0 aliphatic carbocycles. The van der Waals surface area contributed by atoms with Gasteiger partial charge in [0.1, 0.15) is 0 Å². The highest BCUT2D eigenvalue weighted by atomic mass is 32.1. The van der Waals surface area contributed by atoms with Crippen LogP contribution in [0.2, 0.25) is 0 Å². The Morgan fingerprint density at radius 3 is 2.85 bits per heavy atom. The number of esters is 1. The van der Waals surface area contributed by atoms with Crippen LogP contribution in [0.5, 0.6) is 0 Å². The van der Waals surface area contributed by atoms with E-state index >= 15 is 0 Å². The Kier molecular flexibility index (Phi) is 4.63. The highest BCUT2D eigenvalue weighted by Gasteiger charge is 2.13. The van der Waals surface area contributed by atoms with E-state index < -0.39 is 0 Å². The van der Waals surface area contributed by atoms with E-state index in [0.29, 0.717) is 24.4 Å². The van der Waals surface area contributed by atoms with Gasteiger partial charge in [-0.3, -0.25) is 0 Å².